The minimum atomic E-state index is -0.510. The van der Waals surface area contributed by atoms with Crippen molar-refractivity contribution in [1.29, 1.82) is 0 Å². The Morgan fingerprint density at radius 1 is 1.19 bits per heavy atom. The van der Waals surface area contributed by atoms with Crippen molar-refractivity contribution in [2.45, 2.75) is 51.2 Å². The Kier molecular flexibility index (Phi) is 3.88. The van der Waals surface area contributed by atoms with E-state index < -0.39 is 5.60 Å². The van der Waals surface area contributed by atoms with E-state index in [1.54, 1.807) is 0 Å². The topological polar surface area (TPSA) is 26.7 Å². The van der Waals surface area contributed by atoms with Crippen LogP contribution in [-0.2, 0) is 0 Å². The molecule has 2 aliphatic rings. The second-order valence-corrected chi connectivity index (χ2v) is 6.05. The molecule has 94 valence electrons. The Balaban J connectivity index is 1.77. The maximum Gasteiger partial charge on any atom is 0.0603 e. The van der Waals surface area contributed by atoms with Crippen molar-refractivity contribution >= 4 is 0 Å². The molecule has 2 rings (SSSR count). The van der Waals surface area contributed by atoms with Crippen molar-refractivity contribution in [3.8, 4) is 0 Å². The van der Waals surface area contributed by atoms with Gasteiger partial charge in [0.2, 0.25) is 0 Å². The third-order valence-electron chi connectivity index (χ3n) is 3.96. The van der Waals surface area contributed by atoms with Gasteiger partial charge in [0.05, 0.1) is 5.60 Å². The van der Waals surface area contributed by atoms with Crippen LogP contribution in [-0.4, -0.2) is 59.3 Å². The van der Waals surface area contributed by atoms with Crippen LogP contribution < -0.4 is 0 Å². The minimum absolute atomic E-state index is 0.510. The number of hydrogen-bond acceptors (Lipinski definition) is 3. The highest BCUT2D eigenvalue weighted by Crippen LogP contribution is 2.21. The molecule has 1 unspecified atom stereocenters. The summed E-state index contributed by atoms with van der Waals surface area (Å²) in [5.41, 5.74) is -0.510. The van der Waals surface area contributed by atoms with Gasteiger partial charge in [0.1, 0.15) is 0 Å². The maximum absolute atomic E-state index is 9.74. The zero-order valence-electron chi connectivity index (χ0n) is 10.8. The third kappa shape index (κ3) is 3.44. The summed E-state index contributed by atoms with van der Waals surface area (Å²) in [6.45, 7) is 9.81. The summed E-state index contributed by atoms with van der Waals surface area (Å²) < 4.78 is 0. The maximum atomic E-state index is 9.74. The fraction of sp³-hybridized carbons (Fsp3) is 1.00. The summed E-state index contributed by atoms with van der Waals surface area (Å²) in [6.07, 6.45) is 5.05. The summed E-state index contributed by atoms with van der Waals surface area (Å²) in [4.78, 5) is 5.19. The highest BCUT2D eigenvalue weighted by atomic mass is 16.3. The van der Waals surface area contributed by atoms with Crippen molar-refractivity contribution in [1.82, 2.24) is 9.80 Å². The summed E-state index contributed by atoms with van der Waals surface area (Å²) in [5.74, 6) is 0. The zero-order valence-corrected chi connectivity index (χ0v) is 10.8. The lowest BCUT2D eigenvalue weighted by Gasteiger charge is -2.44. The second-order valence-electron chi connectivity index (χ2n) is 6.05. The van der Waals surface area contributed by atoms with Crippen LogP contribution in [0.5, 0.6) is 0 Å². The van der Waals surface area contributed by atoms with Crippen LogP contribution in [0, 0.1) is 0 Å². The lowest BCUT2D eigenvalue weighted by atomic mass is 9.98. The van der Waals surface area contributed by atoms with Crippen LogP contribution in [0.1, 0.15) is 39.5 Å². The third-order valence-corrected chi connectivity index (χ3v) is 3.96. The van der Waals surface area contributed by atoms with Gasteiger partial charge in [-0.3, -0.25) is 4.90 Å². The fourth-order valence-electron chi connectivity index (χ4n) is 2.86. The van der Waals surface area contributed by atoms with E-state index >= 15 is 0 Å². The highest BCUT2D eigenvalue weighted by molar-refractivity contribution is 4.85. The molecule has 1 N–H and O–H groups in total. The van der Waals surface area contributed by atoms with E-state index in [0.717, 1.165) is 19.0 Å². The van der Waals surface area contributed by atoms with Crippen LogP contribution in [0.15, 0.2) is 0 Å². The van der Waals surface area contributed by atoms with Crippen LogP contribution in [0.4, 0.5) is 0 Å². The quantitative estimate of drug-likeness (QED) is 0.786. The Morgan fingerprint density at radius 3 is 2.75 bits per heavy atom. The van der Waals surface area contributed by atoms with Crippen molar-refractivity contribution in [2.75, 3.05) is 32.7 Å². The first-order chi connectivity index (χ1) is 7.54. The number of piperazine rings is 1. The van der Waals surface area contributed by atoms with Crippen molar-refractivity contribution in [3.63, 3.8) is 0 Å². The summed E-state index contributed by atoms with van der Waals surface area (Å²) in [6, 6.07) is 0.796. The molecule has 0 amide bonds. The van der Waals surface area contributed by atoms with E-state index in [-0.39, 0.29) is 0 Å². The molecule has 16 heavy (non-hydrogen) atoms. The zero-order chi connectivity index (χ0) is 11.6. The molecule has 0 radical (unpaired) electrons. The molecule has 2 fully saturated rings. The van der Waals surface area contributed by atoms with Gasteiger partial charge in [-0.2, -0.15) is 0 Å². The molecule has 0 spiro atoms. The van der Waals surface area contributed by atoms with Gasteiger partial charge in [-0.25, -0.2) is 0 Å². The molecule has 3 heteroatoms. The average Bonchev–Trinajstić information content (AvgIpc) is 2.25. The molecule has 0 aromatic rings. The van der Waals surface area contributed by atoms with E-state index in [0.29, 0.717) is 0 Å². The Bertz CT molecular complexity index is 224. The molecule has 1 atom stereocenters. The lowest BCUT2D eigenvalue weighted by Crippen LogP contribution is -2.55. The van der Waals surface area contributed by atoms with Crippen molar-refractivity contribution in [3.05, 3.63) is 0 Å². The Hall–Kier alpha value is -0.120. The van der Waals surface area contributed by atoms with Crippen LogP contribution in [0.2, 0.25) is 0 Å². The molecule has 2 saturated heterocycles. The van der Waals surface area contributed by atoms with Gasteiger partial charge in [-0.15, -0.1) is 0 Å². The van der Waals surface area contributed by atoms with Crippen molar-refractivity contribution < 1.29 is 5.11 Å². The molecular formula is C13H26N2O. The van der Waals surface area contributed by atoms with Gasteiger partial charge >= 0.3 is 0 Å². The average molecular weight is 226 g/mol. The number of aliphatic hydroxyl groups is 1. The normalized spacial score (nSPS) is 29.1. The van der Waals surface area contributed by atoms with E-state index in [2.05, 4.69) is 9.80 Å². The second kappa shape index (κ2) is 5.03. The smallest absolute Gasteiger partial charge is 0.0603 e. The predicted octanol–water partition coefficient (Wildman–Crippen LogP) is 1.32. The minimum Gasteiger partial charge on any atom is -0.390 e. The first-order valence-corrected chi connectivity index (χ1v) is 6.73. The van der Waals surface area contributed by atoms with Gasteiger partial charge in [0, 0.05) is 32.2 Å². The van der Waals surface area contributed by atoms with Crippen molar-refractivity contribution in [2.24, 2.45) is 0 Å². The molecule has 0 aromatic heterocycles. The SMILES string of the molecule is CC(C)(O)CCN1CCN2CCCCC2C1. The first kappa shape index (κ1) is 12.3. The first-order valence-electron chi connectivity index (χ1n) is 6.73. The Morgan fingerprint density at radius 2 is 2.00 bits per heavy atom. The summed E-state index contributed by atoms with van der Waals surface area (Å²) in [7, 11) is 0. The van der Waals surface area contributed by atoms with Gasteiger partial charge in [0.15, 0.2) is 0 Å². The fourth-order valence-corrected chi connectivity index (χ4v) is 2.86. The van der Waals surface area contributed by atoms with Crippen LogP contribution in [0.3, 0.4) is 0 Å². The van der Waals surface area contributed by atoms with E-state index in [1.807, 2.05) is 13.8 Å². The number of fused-ring (bicyclic) bond motifs is 1. The molecule has 2 aliphatic heterocycles. The molecule has 0 bridgehead atoms. The number of nitrogens with zero attached hydrogens (tertiary/aromatic N) is 2. The van der Waals surface area contributed by atoms with E-state index in [1.165, 1.54) is 45.4 Å². The molecule has 0 aliphatic carbocycles. The monoisotopic (exact) mass is 226 g/mol. The summed E-state index contributed by atoms with van der Waals surface area (Å²) in [5, 5.41) is 9.74. The predicted molar refractivity (Wildman–Crippen MR) is 66.6 cm³/mol. The Labute approximate surface area is 99.4 Å². The van der Waals surface area contributed by atoms with E-state index in [9.17, 15) is 5.11 Å². The molecule has 2 heterocycles. The molecule has 3 nitrogen and oxygen atoms in total. The standard InChI is InChI=1S/C13H26N2O/c1-13(2,16)6-8-14-9-10-15-7-4-3-5-12(15)11-14/h12,16H,3-11H2,1-2H3. The molecule has 0 saturated carbocycles. The number of rotatable bonds is 3. The summed E-state index contributed by atoms with van der Waals surface area (Å²) >= 11 is 0. The van der Waals surface area contributed by atoms with Gasteiger partial charge < -0.3 is 10.0 Å². The van der Waals surface area contributed by atoms with Crippen LogP contribution in [0.25, 0.3) is 0 Å². The van der Waals surface area contributed by atoms with Gasteiger partial charge in [-0.05, 0) is 39.7 Å². The number of hydrogen-bond donors (Lipinski definition) is 1. The lowest BCUT2D eigenvalue weighted by molar-refractivity contribution is 0.0219. The molecule has 0 aromatic carbocycles. The molecular weight excluding hydrogens is 200 g/mol. The largest absolute Gasteiger partial charge is 0.390 e. The van der Waals surface area contributed by atoms with Gasteiger partial charge in [0.25, 0.3) is 0 Å². The van der Waals surface area contributed by atoms with Gasteiger partial charge in [-0.1, -0.05) is 6.42 Å². The van der Waals surface area contributed by atoms with E-state index in [4.69, 9.17) is 0 Å². The van der Waals surface area contributed by atoms with Crippen LogP contribution >= 0.6 is 0 Å². The number of piperidine rings is 1. The highest BCUT2D eigenvalue weighted by Gasteiger charge is 2.29.